The van der Waals surface area contributed by atoms with Gasteiger partial charge in [-0.3, -0.25) is 9.59 Å². The molecule has 2 bridgehead atoms. The van der Waals surface area contributed by atoms with Crippen molar-refractivity contribution in [3.8, 4) is 5.75 Å². The number of hydrogen-bond donors (Lipinski definition) is 1. The fraction of sp³-hybridized carbons (Fsp3) is 0.667. The van der Waals surface area contributed by atoms with E-state index in [4.69, 9.17) is 18.9 Å². The lowest BCUT2D eigenvalue weighted by atomic mass is 9.53. The summed E-state index contributed by atoms with van der Waals surface area (Å²) in [7, 11) is -1.37. The van der Waals surface area contributed by atoms with Crippen LogP contribution in [0.2, 0.25) is 25.7 Å². The lowest BCUT2D eigenvalue weighted by Gasteiger charge is -2.54. The van der Waals surface area contributed by atoms with E-state index in [0.717, 1.165) is 17.2 Å². The van der Waals surface area contributed by atoms with Crippen LogP contribution < -0.4 is 0 Å². The van der Waals surface area contributed by atoms with Crippen LogP contribution in [0.5, 0.6) is 5.75 Å². The zero-order chi connectivity index (χ0) is 23.1. The molecule has 1 aromatic rings. The van der Waals surface area contributed by atoms with E-state index in [9.17, 15) is 14.7 Å². The van der Waals surface area contributed by atoms with Crippen molar-refractivity contribution in [3.63, 3.8) is 0 Å². The van der Waals surface area contributed by atoms with Gasteiger partial charge in [0.05, 0.1) is 44.2 Å². The number of hydrogen-bond acceptors (Lipinski definition) is 7. The van der Waals surface area contributed by atoms with E-state index >= 15 is 0 Å². The van der Waals surface area contributed by atoms with Crippen molar-refractivity contribution >= 4 is 20.0 Å². The van der Waals surface area contributed by atoms with Crippen molar-refractivity contribution in [3.05, 3.63) is 29.3 Å². The fourth-order valence-corrected chi connectivity index (χ4v) is 6.12. The summed E-state index contributed by atoms with van der Waals surface area (Å²) >= 11 is 0. The molecule has 1 saturated carbocycles. The second-order valence-corrected chi connectivity index (χ2v) is 15.9. The molecular formula is C24H34O7Si. The molecule has 4 aliphatic rings. The summed E-state index contributed by atoms with van der Waals surface area (Å²) in [5, 5.41) is 10.2. The number of phenols is 1. The highest BCUT2D eigenvalue weighted by Crippen LogP contribution is 2.63. The first-order valence-corrected chi connectivity index (χ1v) is 15.3. The summed E-state index contributed by atoms with van der Waals surface area (Å²) in [6.07, 6.45) is 1.16. The Morgan fingerprint density at radius 1 is 1.06 bits per heavy atom. The molecule has 7 nitrogen and oxygen atoms in total. The van der Waals surface area contributed by atoms with Gasteiger partial charge >= 0.3 is 11.9 Å². The van der Waals surface area contributed by atoms with Crippen LogP contribution in [0.3, 0.4) is 0 Å². The molecule has 1 saturated heterocycles. The van der Waals surface area contributed by atoms with Gasteiger partial charge in [0.1, 0.15) is 5.75 Å². The van der Waals surface area contributed by atoms with Crippen LogP contribution >= 0.6 is 0 Å². The number of carbonyl (C=O) groups is 2. The first kappa shape index (κ1) is 23.3. The van der Waals surface area contributed by atoms with E-state index in [1.807, 2.05) is 13.0 Å². The van der Waals surface area contributed by atoms with Gasteiger partial charge in [0, 0.05) is 20.4 Å². The average molecular weight is 463 g/mol. The summed E-state index contributed by atoms with van der Waals surface area (Å²) in [4.78, 5) is 26.7. The van der Waals surface area contributed by atoms with Gasteiger partial charge in [-0.15, -0.1) is 0 Å². The van der Waals surface area contributed by atoms with Gasteiger partial charge in [-0.05, 0) is 35.7 Å². The van der Waals surface area contributed by atoms with Crippen LogP contribution in [0.1, 0.15) is 42.7 Å². The Hall–Kier alpha value is -1.90. The predicted molar refractivity (Wildman–Crippen MR) is 120 cm³/mol. The molecule has 1 spiro atoms. The standard InChI is InChI=1S/C24H34O7Si/c1-5-8-28-23(27)20-19(22(26)29-11-12-32(2,3)4)18-14-24(30-9-10-31-24)21(20)17-13-15(25)6-7-16(17)18/h6-7,13,18-21,25H,5,8-12,14H2,1-4H3/t18?,19-,20+,21+/m1/s1. The van der Waals surface area contributed by atoms with Gasteiger partial charge < -0.3 is 24.1 Å². The van der Waals surface area contributed by atoms with Crippen molar-refractivity contribution in [1.29, 1.82) is 0 Å². The van der Waals surface area contributed by atoms with Gasteiger partial charge in [0.15, 0.2) is 5.79 Å². The van der Waals surface area contributed by atoms with Crippen LogP contribution in [0.4, 0.5) is 0 Å². The van der Waals surface area contributed by atoms with Gasteiger partial charge in [-0.2, -0.15) is 0 Å². The van der Waals surface area contributed by atoms with E-state index in [1.54, 1.807) is 12.1 Å². The zero-order valence-electron chi connectivity index (χ0n) is 19.4. The van der Waals surface area contributed by atoms with Gasteiger partial charge in [0.2, 0.25) is 0 Å². The van der Waals surface area contributed by atoms with Crippen molar-refractivity contribution < 1.29 is 33.6 Å². The molecule has 1 aliphatic heterocycles. The molecule has 176 valence electrons. The van der Waals surface area contributed by atoms with Crippen molar-refractivity contribution in [1.82, 2.24) is 0 Å². The SMILES string of the molecule is CCCOC(=O)[C@H]1[C@H](C(=O)OCC[Si](C)(C)C)C2CC3(OCCO3)[C@H]1c1cc(O)ccc12. The zero-order valence-corrected chi connectivity index (χ0v) is 20.4. The maximum Gasteiger partial charge on any atom is 0.310 e. The Bertz CT molecular complexity index is 872. The molecule has 5 rings (SSSR count). The number of esters is 2. The van der Waals surface area contributed by atoms with Crippen molar-refractivity contribution in [2.24, 2.45) is 11.8 Å². The molecule has 1 aromatic carbocycles. The Morgan fingerprint density at radius 2 is 1.72 bits per heavy atom. The molecule has 0 radical (unpaired) electrons. The third-order valence-corrected chi connectivity index (χ3v) is 8.53. The third kappa shape index (κ3) is 4.20. The molecule has 3 aliphatic carbocycles. The summed E-state index contributed by atoms with van der Waals surface area (Å²) in [6, 6.07) is 6.01. The molecule has 0 amide bonds. The summed E-state index contributed by atoms with van der Waals surface area (Å²) in [6.45, 7) is 10.1. The van der Waals surface area contributed by atoms with Crippen LogP contribution in [-0.2, 0) is 28.5 Å². The number of ether oxygens (including phenoxy) is 4. The van der Waals surface area contributed by atoms with Crippen LogP contribution in [0.15, 0.2) is 18.2 Å². The van der Waals surface area contributed by atoms with Crippen LogP contribution in [0, 0.1) is 11.8 Å². The number of aromatic hydroxyl groups is 1. The Kier molecular flexibility index (Phi) is 6.40. The Balaban J connectivity index is 1.73. The van der Waals surface area contributed by atoms with E-state index < -0.39 is 37.6 Å². The maximum absolute atomic E-state index is 13.4. The van der Waals surface area contributed by atoms with Gasteiger partial charge in [0.25, 0.3) is 0 Å². The lowest BCUT2D eigenvalue weighted by molar-refractivity contribution is -0.229. The lowest BCUT2D eigenvalue weighted by Crippen LogP contribution is -2.58. The molecule has 4 atom stereocenters. The molecule has 0 aromatic heterocycles. The average Bonchev–Trinajstić information content (AvgIpc) is 3.18. The first-order chi connectivity index (χ1) is 15.2. The minimum Gasteiger partial charge on any atom is -0.508 e. The van der Waals surface area contributed by atoms with Crippen molar-refractivity contribution in [2.75, 3.05) is 26.4 Å². The Morgan fingerprint density at radius 3 is 2.38 bits per heavy atom. The molecule has 2 fully saturated rings. The second-order valence-electron chi connectivity index (χ2n) is 10.3. The van der Waals surface area contributed by atoms with Gasteiger partial charge in [-0.25, -0.2) is 0 Å². The maximum atomic E-state index is 13.4. The molecule has 1 unspecified atom stereocenters. The molecular weight excluding hydrogens is 428 g/mol. The van der Waals surface area contributed by atoms with E-state index in [-0.39, 0.29) is 24.2 Å². The number of phenolic OH excluding ortho intramolecular Hbond substituents is 1. The van der Waals surface area contributed by atoms with E-state index in [2.05, 4.69) is 19.6 Å². The molecule has 1 heterocycles. The highest BCUT2D eigenvalue weighted by Gasteiger charge is 2.66. The largest absolute Gasteiger partial charge is 0.508 e. The third-order valence-electron chi connectivity index (χ3n) is 6.83. The van der Waals surface area contributed by atoms with Crippen LogP contribution in [0.25, 0.3) is 0 Å². The highest BCUT2D eigenvalue weighted by molar-refractivity contribution is 6.76. The minimum atomic E-state index is -1.37. The quantitative estimate of drug-likeness (QED) is 0.487. The Labute approximate surface area is 190 Å². The fourth-order valence-electron chi connectivity index (χ4n) is 5.41. The summed E-state index contributed by atoms with van der Waals surface area (Å²) < 4.78 is 23.5. The smallest absolute Gasteiger partial charge is 0.310 e. The summed E-state index contributed by atoms with van der Waals surface area (Å²) in [5.74, 6) is -3.98. The van der Waals surface area contributed by atoms with Crippen LogP contribution in [-0.4, -0.2) is 57.3 Å². The minimum absolute atomic E-state index is 0.111. The number of rotatable bonds is 7. The van der Waals surface area contributed by atoms with Crippen molar-refractivity contribution in [2.45, 2.75) is 63.1 Å². The van der Waals surface area contributed by atoms with Gasteiger partial charge in [-0.1, -0.05) is 32.6 Å². The number of fused-ring (bicyclic) bond motifs is 1. The van der Waals surface area contributed by atoms with E-state index in [0.29, 0.717) is 32.7 Å². The summed E-state index contributed by atoms with van der Waals surface area (Å²) in [5.41, 5.74) is 1.75. The molecule has 1 N–H and O–H groups in total. The second kappa shape index (κ2) is 8.80. The highest BCUT2D eigenvalue weighted by atomic mass is 28.3. The normalized spacial score (nSPS) is 27.9. The number of carbonyl (C=O) groups excluding carboxylic acids is 2. The number of benzene rings is 1. The van der Waals surface area contributed by atoms with E-state index in [1.165, 1.54) is 0 Å². The molecule has 8 heteroatoms. The topological polar surface area (TPSA) is 91.3 Å². The first-order valence-electron chi connectivity index (χ1n) is 11.6. The predicted octanol–water partition coefficient (Wildman–Crippen LogP) is 3.79. The monoisotopic (exact) mass is 462 g/mol. The molecule has 32 heavy (non-hydrogen) atoms.